The minimum Gasteiger partial charge on any atom is -0.508 e. The topological polar surface area (TPSA) is 120 Å². The fourth-order valence-corrected chi connectivity index (χ4v) is 9.21. The number of fused-ring (bicyclic) bond motifs is 4. The van der Waals surface area contributed by atoms with Crippen LogP contribution in [0.3, 0.4) is 0 Å². The normalized spacial score (nSPS) is 26.3. The monoisotopic (exact) mass is 772 g/mol. The first-order chi connectivity index (χ1) is 25.7. The number of hydrazine groups is 1. The maximum atomic E-state index is 15.2. The number of imide groups is 2. The summed E-state index contributed by atoms with van der Waals surface area (Å²) >= 11 is 12.5. The van der Waals surface area contributed by atoms with Crippen molar-refractivity contribution < 1.29 is 37.5 Å². The fourth-order valence-electron chi connectivity index (χ4n) is 8.88. The number of aromatic nitrogens is 1. The summed E-state index contributed by atoms with van der Waals surface area (Å²) in [5.41, 5.74) is 2.47. The number of amides is 4. The minimum absolute atomic E-state index is 0.0376. The van der Waals surface area contributed by atoms with Crippen molar-refractivity contribution in [3.63, 3.8) is 0 Å². The van der Waals surface area contributed by atoms with Gasteiger partial charge in [-0.05, 0) is 77.9 Å². The highest BCUT2D eigenvalue weighted by Gasteiger charge is 2.70. The van der Waals surface area contributed by atoms with E-state index >= 15 is 4.79 Å². The second-order valence-corrected chi connectivity index (χ2v) is 14.7. The van der Waals surface area contributed by atoms with Crippen LogP contribution in [-0.2, 0) is 30.8 Å². The minimum atomic E-state index is -4.75. The van der Waals surface area contributed by atoms with Gasteiger partial charge in [0.2, 0.25) is 11.8 Å². The van der Waals surface area contributed by atoms with Crippen LogP contribution in [0.2, 0.25) is 10.0 Å². The Bertz CT molecular complexity index is 2300. The van der Waals surface area contributed by atoms with Crippen LogP contribution < -0.4 is 10.3 Å². The highest BCUT2D eigenvalue weighted by atomic mass is 35.5. The van der Waals surface area contributed by atoms with Crippen LogP contribution in [-0.4, -0.2) is 38.7 Å². The van der Waals surface area contributed by atoms with E-state index in [9.17, 15) is 32.7 Å². The van der Waals surface area contributed by atoms with Crippen LogP contribution in [0.25, 0.3) is 6.08 Å². The number of hydrogen-bond donors (Lipinski definition) is 2. The van der Waals surface area contributed by atoms with Crippen molar-refractivity contribution in [3.8, 4) is 5.75 Å². The number of aromatic hydroxyl groups is 1. The molecule has 2 saturated heterocycles. The zero-order valence-electron chi connectivity index (χ0n) is 28.1. The Hall–Kier alpha value is -5.46. The molecule has 2 aliphatic carbocycles. The van der Waals surface area contributed by atoms with E-state index in [0.717, 1.165) is 10.6 Å². The Labute approximate surface area is 316 Å². The average molecular weight is 774 g/mol. The molecular formula is C40H29Cl2F3N4O5. The lowest BCUT2D eigenvalue weighted by molar-refractivity contribution is -0.139. The second-order valence-electron chi connectivity index (χ2n) is 13.8. The third kappa shape index (κ3) is 5.33. The van der Waals surface area contributed by atoms with Crippen LogP contribution in [0.15, 0.2) is 103 Å². The van der Waals surface area contributed by atoms with Gasteiger partial charge in [-0.15, -0.1) is 0 Å². The van der Waals surface area contributed by atoms with Crippen LogP contribution >= 0.6 is 23.2 Å². The Morgan fingerprint density at radius 2 is 1.65 bits per heavy atom. The molecule has 274 valence electrons. The number of carbonyl (C=O) groups is 4. The summed E-state index contributed by atoms with van der Waals surface area (Å²) in [5, 5.41) is 11.3. The molecule has 0 unspecified atom stereocenters. The van der Waals surface area contributed by atoms with Crippen molar-refractivity contribution >= 4 is 64.4 Å². The molecule has 54 heavy (non-hydrogen) atoms. The van der Waals surface area contributed by atoms with Gasteiger partial charge in [0.05, 0.1) is 39.4 Å². The third-order valence-corrected chi connectivity index (χ3v) is 11.7. The number of phenolic OH excluding ortho intramolecular Hbond substituents is 1. The zero-order chi connectivity index (χ0) is 38.3. The van der Waals surface area contributed by atoms with E-state index in [2.05, 4.69) is 17.0 Å². The highest BCUT2D eigenvalue weighted by molar-refractivity contribution is 6.33. The van der Waals surface area contributed by atoms with E-state index in [1.807, 2.05) is 6.08 Å². The molecule has 0 spiro atoms. The van der Waals surface area contributed by atoms with Crippen molar-refractivity contribution in [1.29, 1.82) is 0 Å². The molecule has 0 radical (unpaired) electrons. The molecule has 8 rings (SSSR count). The molecule has 3 fully saturated rings. The molecule has 4 amide bonds. The number of hydrogen-bond acceptors (Lipinski definition) is 7. The van der Waals surface area contributed by atoms with Gasteiger partial charge < -0.3 is 5.11 Å². The summed E-state index contributed by atoms with van der Waals surface area (Å²) in [5.74, 6) is -7.24. The lowest BCUT2D eigenvalue weighted by atomic mass is 9.49. The molecule has 6 atom stereocenters. The number of anilines is 2. The third-order valence-electron chi connectivity index (χ3n) is 11.1. The number of pyridine rings is 1. The number of allylic oxidation sites excluding steroid dienone is 2. The second kappa shape index (κ2) is 12.8. The van der Waals surface area contributed by atoms with Gasteiger partial charge in [0.25, 0.3) is 11.8 Å². The molecule has 4 aliphatic rings. The van der Waals surface area contributed by atoms with Crippen LogP contribution in [0.1, 0.15) is 41.0 Å². The van der Waals surface area contributed by atoms with Gasteiger partial charge in [0.15, 0.2) is 5.82 Å². The van der Waals surface area contributed by atoms with E-state index in [4.69, 9.17) is 23.2 Å². The Morgan fingerprint density at radius 1 is 0.926 bits per heavy atom. The number of phenols is 1. The van der Waals surface area contributed by atoms with E-state index in [1.165, 1.54) is 17.0 Å². The van der Waals surface area contributed by atoms with Gasteiger partial charge in [-0.3, -0.25) is 29.5 Å². The van der Waals surface area contributed by atoms with Gasteiger partial charge >= 0.3 is 6.18 Å². The summed E-state index contributed by atoms with van der Waals surface area (Å²) < 4.78 is 40.3. The Kier molecular flexibility index (Phi) is 8.46. The van der Waals surface area contributed by atoms with Crippen molar-refractivity contribution in [2.75, 3.05) is 10.3 Å². The van der Waals surface area contributed by atoms with E-state index in [-0.39, 0.29) is 30.3 Å². The average Bonchev–Trinajstić information content (AvgIpc) is 3.52. The molecule has 3 aromatic carbocycles. The van der Waals surface area contributed by atoms with Crippen molar-refractivity contribution in [3.05, 3.63) is 136 Å². The molecule has 4 aromatic rings. The molecular weight excluding hydrogens is 744 g/mol. The van der Waals surface area contributed by atoms with Crippen LogP contribution in [0.4, 0.5) is 24.7 Å². The van der Waals surface area contributed by atoms with E-state index in [0.29, 0.717) is 39.7 Å². The van der Waals surface area contributed by atoms with Gasteiger partial charge in [-0.25, -0.2) is 4.98 Å². The van der Waals surface area contributed by atoms with Crippen LogP contribution in [0, 0.1) is 23.7 Å². The first kappa shape index (κ1) is 35.6. The number of benzene rings is 3. The number of nitrogens with one attached hydrogen (secondary N) is 1. The molecule has 2 N–H and O–H groups in total. The Balaban J connectivity index is 1.29. The lowest BCUT2D eigenvalue weighted by Crippen LogP contribution is -2.53. The molecule has 1 saturated carbocycles. The highest BCUT2D eigenvalue weighted by Crippen LogP contribution is 2.64. The smallest absolute Gasteiger partial charge is 0.417 e. The van der Waals surface area contributed by atoms with Gasteiger partial charge in [0, 0.05) is 17.1 Å². The molecule has 14 heteroatoms. The van der Waals surface area contributed by atoms with E-state index in [1.54, 1.807) is 66.7 Å². The first-order valence-electron chi connectivity index (χ1n) is 17.0. The first-order valence-corrected chi connectivity index (χ1v) is 17.7. The number of alkyl halides is 3. The predicted molar refractivity (Wildman–Crippen MR) is 194 cm³/mol. The number of halogens is 5. The summed E-state index contributed by atoms with van der Waals surface area (Å²) in [4.78, 5) is 63.4. The summed E-state index contributed by atoms with van der Waals surface area (Å²) in [6.07, 6.45) is -0.564. The van der Waals surface area contributed by atoms with Gasteiger partial charge in [0.1, 0.15) is 5.75 Å². The SMILES string of the molecule is C=Cc1ccc(N2C(=O)[C@H]3[C@H](CC=C4[C@H]3C[C@H]3C(=O)N(Nc5ncc(C(F)(F)F)cc5Cl)C(=O)[C@@]3(c3ccc(Cl)cc3)[C@H]4c3cccc(O)c3)C2=O)cc1. The predicted octanol–water partition coefficient (Wildman–Crippen LogP) is 7.95. The summed E-state index contributed by atoms with van der Waals surface area (Å²) in [7, 11) is 0. The molecule has 1 aromatic heterocycles. The van der Waals surface area contributed by atoms with Crippen molar-refractivity contribution in [2.45, 2.75) is 30.4 Å². The number of carbonyl (C=O) groups excluding carboxylic acids is 4. The van der Waals surface area contributed by atoms with Gasteiger partial charge in [-0.1, -0.05) is 83.9 Å². The largest absolute Gasteiger partial charge is 0.508 e. The van der Waals surface area contributed by atoms with Crippen LogP contribution in [0.5, 0.6) is 5.75 Å². The maximum Gasteiger partial charge on any atom is 0.417 e. The fraction of sp³-hybridized carbons (Fsp3) is 0.225. The van der Waals surface area contributed by atoms with Crippen molar-refractivity contribution in [2.24, 2.45) is 23.7 Å². The quantitative estimate of drug-likeness (QED) is 0.151. The molecule has 9 nitrogen and oxygen atoms in total. The van der Waals surface area contributed by atoms with Gasteiger partial charge in [-0.2, -0.15) is 18.2 Å². The number of nitrogens with zero attached hydrogens (tertiary/aromatic N) is 3. The molecule has 0 bridgehead atoms. The summed E-state index contributed by atoms with van der Waals surface area (Å²) in [6.45, 7) is 3.76. The molecule has 3 heterocycles. The van der Waals surface area contributed by atoms with E-state index < -0.39 is 69.5 Å². The zero-order valence-corrected chi connectivity index (χ0v) is 29.6. The number of rotatable bonds is 6. The standard InChI is InChI=1S/C40H29Cl2F3N4O5/c1-2-20-6-12-25(13-7-20)48-35(51)28-15-14-27-29(32(28)37(48)53)18-30-36(52)49(47-34-31(42)17-23(19-46-34)40(43,44)45)38(54)39(30,22-8-10-24(41)11-9-22)33(27)21-4-3-5-26(50)16-21/h2-14,16-17,19,28-30,32-33,50H,1,15,18H2,(H,46,47)/t28-,29+,30-,32-,33-,39+/m0/s1. The van der Waals surface area contributed by atoms with Crippen molar-refractivity contribution in [1.82, 2.24) is 9.99 Å². The Morgan fingerprint density at radius 3 is 2.30 bits per heavy atom. The maximum absolute atomic E-state index is 15.2. The summed E-state index contributed by atoms with van der Waals surface area (Å²) in [6, 6.07) is 20.2. The lowest BCUT2D eigenvalue weighted by Gasteiger charge is -2.50. The molecule has 2 aliphatic heterocycles.